The first kappa shape index (κ1) is 18.3. The molecule has 0 saturated heterocycles. The van der Waals surface area contributed by atoms with Crippen molar-refractivity contribution in [1.29, 1.82) is 0 Å². The highest BCUT2D eigenvalue weighted by Crippen LogP contribution is 2.20. The summed E-state index contributed by atoms with van der Waals surface area (Å²) in [5.74, 6) is 0.124. The minimum atomic E-state index is -0.792. The van der Waals surface area contributed by atoms with Crippen LogP contribution < -0.4 is 0 Å². The number of phenols is 2. The van der Waals surface area contributed by atoms with Crippen LogP contribution in [0.5, 0.6) is 11.5 Å². The van der Waals surface area contributed by atoms with Crippen LogP contribution in [-0.4, -0.2) is 46.9 Å². The molecule has 0 aliphatic carbocycles. The quantitative estimate of drug-likeness (QED) is 0.685. The van der Waals surface area contributed by atoms with Gasteiger partial charge in [-0.1, -0.05) is 23.2 Å². The van der Waals surface area contributed by atoms with Crippen LogP contribution >= 0.6 is 23.2 Å². The Kier molecular flexibility index (Phi) is 6.61. The number of aliphatic hydroxyl groups excluding tert-OH is 1. The Morgan fingerprint density at radius 1 is 0.833 bits per heavy atom. The van der Waals surface area contributed by atoms with E-state index in [0.29, 0.717) is 21.2 Å². The Morgan fingerprint density at radius 2 is 1.25 bits per heavy atom. The predicted octanol–water partition coefficient (Wildman–Crippen LogP) is 3.30. The molecule has 2 rings (SSSR count). The van der Waals surface area contributed by atoms with Gasteiger partial charge in [-0.3, -0.25) is 9.98 Å². The lowest BCUT2D eigenvalue weighted by Gasteiger charge is -2.04. The Morgan fingerprint density at radius 3 is 1.67 bits per heavy atom. The first-order chi connectivity index (χ1) is 11.5. The maximum Gasteiger partial charge on any atom is 0.124 e. The van der Waals surface area contributed by atoms with Gasteiger partial charge in [-0.25, -0.2) is 0 Å². The average Bonchev–Trinajstić information content (AvgIpc) is 2.54. The Balaban J connectivity index is 1.88. The van der Waals surface area contributed by atoms with Gasteiger partial charge in [-0.15, -0.1) is 0 Å². The molecule has 0 unspecified atom stereocenters. The van der Waals surface area contributed by atoms with E-state index in [9.17, 15) is 15.3 Å². The Hall–Kier alpha value is -2.08. The molecule has 7 heteroatoms. The number of nitrogens with zero attached hydrogens (tertiary/aromatic N) is 2. The van der Waals surface area contributed by atoms with Gasteiger partial charge in [0.1, 0.15) is 11.5 Å². The molecule has 0 heterocycles. The lowest BCUT2D eigenvalue weighted by Crippen LogP contribution is -2.15. The van der Waals surface area contributed by atoms with Crippen LogP contribution in [0.1, 0.15) is 11.1 Å². The van der Waals surface area contributed by atoms with Crippen molar-refractivity contribution >= 4 is 35.6 Å². The van der Waals surface area contributed by atoms with Gasteiger partial charge in [0.05, 0.1) is 19.2 Å². The summed E-state index contributed by atoms with van der Waals surface area (Å²) in [6.07, 6.45) is 2.09. The molecule has 126 valence electrons. The molecule has 5 nitrogen and oxygen atoms in total. The zero-order chi connectivity index (χ0) is 17.5. The number of aromatic hydroxyl groups is 2. The van der Waals surface area contributed by atoms with E-state index < -0.39 is 6.10 Å². The molecular formula is C17H16Cl2N2O3. The van der Waals surface area contributed by atoms with E-state index in [4.69, 9.17) is 23.2 Å². The molecule has 2 aromatic rings. The highest BCUT2D eigenvalue weighted by Gasteiger charge is 2.03. The molecule has 0 saturated carbocycles. The fraction of sp³-hybridized carbons (Fsp3) is 0.176. The molecular weight excluding hydrogens is 351 g/mol. The summed E-state index contributed by atoms with van der Waals surface area (Å²) in [6.45, 7) is 0.232. The number of phenolic OH excluding ortho intramolecular Hbond substituents is 2. The first-order valence-corrected chi connectivity index (χ1v) is 7.86. The second kappa shape index (κ2) is 8.68. The number of rotatable bonds is 6. The minimum absolute atomic E-state index is 0.0621. The molecule has 2 aromatic carbocycles. The molecule has 24 heavy (non-hydrogen) atoms. The van der Waals surface area contributed by atoms with Gasteiger partial charge in [0, 0.05) is 33.6 Å². The summed E-state index contributed by atoms with van der Waals surface area (Å²) < 4.78 is 0. The summed E-state index contributed by atoms with van der Waals surface area (Å²) in [7, 11) is 0. The second-order valence-corrected chi connectivity index (χ2v) is 5.92. The topological polar surface area (TPSA) is 85.4 Å². The number of hydrogen-bond donors (Lipinski definition) is 3. The first-order valence-electron chi connectivity index (χ1n) is 7.10. The standard InChI is InChI=1S/C17H16Cl2N2O3/c18-13-1-3-16(23)11(5-13)7-20-9-15(22)10-21-8-12-6-14(19)2-4-17(12)24/h1-8,15,22-24H,9-10H2. The fourth-order valence-electron chi connectivity index (χ4n) is 1.86. The van der Waals surface area contributed by atoms with Crippen molar-refractivity contribution in [3.05, 3.63) is 57.6 Å². The van der Waals surface area contributed by atoms with E-state index in [1.54, 1.807) is 24.3 Å². The predicted molar refractivity (Wildman–Crippen MR) is 97.2 cm³/mol. The van der Waals surface area contributed by atoms with Crippen molar-refractivity contribution in [2.24, 2.45) is 9.98 Å². The molecule has 0 bridgehead atoms. The number of aliphatic hydroxyl groups is 1. The minimum Gasteiger partial charge on any atom is -0.507 e. The molecule has 0 spiro atoms. The highest BCUT2D eigenvalue weighted by molar-refractivity contribution is 6.31. The van der Waals surface area contributed by atoms with Gasteiger partial charge in [0.2, 0.25) is 0 Å². The second-order valence-electron chi connectivity index (χ2n) is 5.05. The molecule has 0 aromatic heterocycles. The zero-order valence-corrected chi connectivity index (χ0v) is 14.1. The molecule has 0 atom stereocenters. The maximum absolute atomic E-state index is 9.85. The van der Waals surface area contributed by atoms with E-state index in [-0.39, 0.29) is 24.6 Å². The summed E-state index contributed by atoms with van der Waals surface area (Å²) in [5.41, 5.74) is 0.948. The fourth-order valence-corrected chi connectivity index (χ4v) is 2.22. The Labute approximate surface area is 149 Å². The molecule has 0 radical (unpaired) electrons. The van der Waals surface area contributed by atoms with Crippen LogP contribution in [0.3, 0.4) is 0 Å². The van der Waals surface area contributed by atoms with Crippen molar-refractivity contribution in [3.63, 3.8) is 0 Å². The van der Waals surface area contributed by atoms with Gasteiger partial charge >= 0.3 is 0 Å². The molecule has 0 aliphatic rings. The van der Waals surface area contributed by atoms with Crippen molar-refractivity contribution < 1.29 is 15.3 Å². The number of benzene rings is 2. The maximum atomic E-state index is 9.85. The van der Waals surface area contributed by atoms with Crippen LogP contribution in [0.15, 0.2) is 46.4 Å². The molecule has 0 aliphatic heterocycles. The third-order valence-corrected chi connectivity index (χ3v) is 3.54. The smallest absolute Gasteiger partial charge is 0.124 e. The van der Waals surface area contributed by atoms with Gasteiger partial charge in [-0.05, 0) is 36.4 Å². The lowest BCUT2D eigenvalue weighted by atomic mass is 10.2. The van der Waals surface area contributed by atoms with E-state index in [2.05, 4.69) is 9.98 Å². The van der Waals surface area contributed by atoms with Crippen LogP contribution in [-0.2, 0) is 0 Å². The van der Waals surface area contributed by atoms with Crippen molar-refractivity contribution in [1.82, 2.24) is 0 Å². The van der Waals surface area contributed by atoms with Crippen LogP contribution in [0.4, 0.5) is 0 Å². The van der Waals surface area contributed by atoms with Crippen molar-refractivity contribution in [2.75, 3.05) is 13.1 Å². The summed E-state index contributed by atoms with van der Waals surface area (Å²) in [6, 6.07) is 9.25. The highest BCUT2D eigenvalue weighted by atomic mass is 35.5. The summed E-state index contributed by atoms with van der Waals surface area (Å²) in [5, 5.41) is 30.1. The van der Waals surface area contributed by atoms with Crippen molar-refractivity contribution in [3.8, 4) is 11.5 Å². The van der Waals surface area contributed by atoms with E-state index in [0.717, 1.165) is 0 Å². The van der Waals surface area contributed by atoms with Crippen LogP contribution in [0.25, 0.3) is 0 Å². The molecule has 0 amide bonds. The van der Waals surface area contributed by atoms with E-state index >= 15 is 0 Å². The van der Waals surface area contributed by atoms with Crippen LogP contribution in [0, 0.1) is 0 Å². The van der Waals surface area contributed by atoms with E-state index in [1.165, 1.54) is 24.6 Å². The number of aliphatic imine (C=N–C) groups is 2. The van der Waals surface area contributed by atoms with Gasteiger partial charge in [0.25, 0.3) is 0 Å². The third kappa shape index (κ3) is 5.53. The number of halogens is 2. The normalized spacial score (nSPS) is 13.0. The third-order valence-electron chi connectivity index (χ3n) is 3.07. The summed E-state index contributed by atoms with van der Waals surface area (Å²) >= 11 is 11.7. The summed E-state index contributed by atoms with van der Waals surface area (Å²) in [4.78, 5) is 8.13. The van der Waals surface area contributed by atoms with E-state index in [1.807, 2.05) is 0 Å². The van der Waals surface area contributed by atoms with Crippen LogP contribution in [0.2, 0.25) is 10.0 Å². The van der Waals surface area contributed by atoms with Gasteiger partial charge < -0.3 is 15.3 Å². The average molecular weight is 367 g/mol. The SMILES string of the molecule is Oc1ccc(Cl)cc1C=NCC(O)CN=Cc1cc(Cl)ccc1O. The van der Waals surface area contributed by atoms with Gasteiger partial charge in [0.15, 0.2) is 0 Å². The molecule has 0 fully saturated rings. The Bertz CT molecular complexity index is 700. The van der Waals surface area contributed by atoms with Gasteiger partial charge in [-0.2, -0.15) is 0 Å². The number of hydrogen-bond acceptors (Lipinski definition) is 5. The zero-order valence-electron chi connectivity index (χ0n) is 12.6. The van der Waals surface area contributed by atoms with Crippen molar-refractivity contribution in [2.45, 2.75) is 6.10 Å². The lowest BCUT2D eigenvalue weighted by molar-refractivity contribution is 0.193. The largest absolute Gasteiger partial charge is 0.507 e. The monoisotopic (exact) mass is 366 g/mol. The molecule has 3 N–H and O–H groups in total.